The van der Waals surface area contributed by atoms with Crippen LogP contribution in [0.1, 0.15) is 61.0 Å². The first-order chi connectivity index (χ1) is 19.9. The topological polar surface area (TPSA) is 93.5 Å². The van der Waals surface area contributed by atoms with Crippen molar-refractivity contribution in [1.29, 1.82) is 0 Å². The largest absolute Gasteiger partial charge is 0.469 e. The number of nitrogens with zero attached hydrogens (tertiary/aromatic N) is 3. The third-order valence-electron chi connectivity index (χ3n) is 7.50. The summed E-state index contributed by atoms with van der Waals surface area (Å²) in [5, 5.41) is 2.98. The summed E-state index contributed by atoms with van der Waals surface area (Å²) in [6.07, 6.45) is 5.15. The molecule has 1 aliphatic heterocycles. The van der Waals surface area contributed by atoms with Gasteiger partial charge in [-0.1, -0.05) is 38.1 Å². The molecular formula is C32H38F2N4O4. The summed E-state index contributed by atoms with van der Waals surface area (Å²) in [6, 6.07) is 9.22. The van der Waals surface area contributed by atoms with Gasteiger partial charge in [-0.3, -0.25) is 24.3 Å². The van der Waals surface area contributed by atoms with E-state index in [2.05, 4.69) is 10.3 Å². The van der Waals surface area contributed by atoms with Crippen LogP contribution in [-0.4, -0.2) is 52.4 Å². The van der Waals surface area contributed by atoms with Gasteiger partial charge < -0.3 is 14.6 Å². The number of ether oxygens (including phenoxy) is 1. The van der Waals surface area contributed by atoms with Gasteiger partial charge in [0, 0.05) is 36.8 Å². The molecular weight excluding hydrogens is 542 g/mol. The quantitative estimate of drug-likeness (QED) is 0.322. The first-order valence-electron chi connectivity index (χ1n) is 14.1. The summed E-state index contributed by atoms with van der Waals surface area (Å²) < 4.78 is 33.0. The summed E-state index contributed by atoms with van der Waals surface area (Å²) in [6.45, 7) is 7.48. The number of esters is 1. The number of benzene rings is 1. The lowest BCUT2D eigenvalue weighted by Gasteiger charge is -2.38. The summed E-state index contributed by atoms with van der Waals surface area (Å²) in [5.74, 6) is -3.60. The van der Waals surface area contributed by atoms with Crippen LogP contribution in [-0.2, 0) is 20.9 Å². The van der Waals surface area contributed by atoms with Gasteiger partial charge in [0.1, 0.15) is 6.04 Å². The molecule has 2 aromatic heterocycles. The lowest BCUT2D eigenvalue weighted by atomic mass is 9.94. The highest BCUT2D eigenvalue weighted by Crippen LogP contribution is 2.30. The minimum Gasteiger partial charge on any atom is -0.469 e. The Labute approximate surface area is 244 Å². The third kappa shape index (κ3) is 7.47. The van der Waals surface area contributed by atoms with Gasteiger partial charge in [-0.05, 0) is 60.1 Å². The number of carbonyl (C=O) groups excluding carboxylic acids is 2. The Morgan fingerprint density at radius 1 is 1.10 bits per heavy atom. The second kappa shape index (κ2) is 12.9. The highest BCUT2D eigenvalue weighted by Gasteiger charge is 2.43. The number of methoxy groups -OCH3 is 1. The number of hydrogen-bond donors (Lipinski definition) is 1. The summed E-state index contributed by atoms with van der Waals surface area (Å²) in [5.41, 5.74) is 4.92. The molecule has 1 amide bonds. The van der Waals surface area contributed by atoms with Crippen molar-refractivity contribution in [3.63, 3.8) is 0 Å². The summed E-state index contributed by atoms with van der Waals surface area (Å²) >= 11 is 0. The van der Waals surface area contributed by atoms with Gasteiger partial charge in [0.15, 0.2) is 0 Å². The number of carbonyl (C=O) groups is 2. The highest BCUT2D eigenvalue weighted by atomic mass is 19.3. The van der Waals surface area contributed by atoms with Crippen molar-refractivity contribution in [2.75, 3.05) is 20.2 Å². The maximum absolute atomic E-state index is 13.9. The molecule has 10 heteroatoms. The molecule has 224 valence electrons. The van der Waals surface area contributed by atoms with E-state index < -0.39 is 29.9 Å². The second-order valence-corrected chi connectivity index (χ2v) is 11.5. The molecule has 0 radical (unpaired) electrons. The zero-order valence-corrected chi connectivity index (χ0v) is 24.7. The molecule has 1 N–H and O–H groups in total. The second-order valence-electron chi connectivity index (χ2n) is 11.5. The van der Waals surface area contributed by atoms with Crippen LogP contribution in [0.2, 0.25) is 0 Å². The molecule has 1 fully saturated rings. The van der Waals surface area contributed by atoms with Crippen LogP contribution in [0.5, 0.6) is 0 Å². The van der Waals surface area contributed by atoms with Gasteiger partial charge in [0.05, 0.1) is 32.7 Å². The van der Waals surface area contributed by atoms with Crippen LogP contribution in [0, 0.1) is 19.8 Å². The average Bonchev–Trinajstić information content (AvgIpc) is 2.91. The van der Waals surface area contributed by atoms with E-state index >= 15 is 0 Å². The highest BCUT2D eigenvalue weighted by molar-refractivity contribution is 5.82. The molecule has 4 rings (SSSR count). The standard InChI is InChI=1S/C32H38F2N4O4/c1-20(2)11-27(38-17-23(9-10-28(38)39)16-37-18-32(33,34)19-37)31(41)36-26(13-29(40)42-5)24-12-25(15-35-14-24)30-21(3)7-6-8-22(30)4/h6-10,12,14-15,17,20,26-27H,11,13,16,18-19H2,1-5H3,(H,36,41)/t26-,27?/m0/s1. The van der Waals surface area contributed by atoms with Gasteiger partial charge in [-0.25, -0.2) is 8.78 Å². The Balaban J connectivity index is 1.65. The maximum atomic E-state index is 13.9. The van der Waals surface area contributed by atoms with Crippen LogP contribution < -0.4 is 10.9 Å². The lowest BCUT2D eigenvalue weighted by Crippen LogP contribution is -2.55. The molecule has 0 spiro atoms. The molecule has 3 heterocycles. The molecule has 1 aliphatic rings. The molecule has 1 aromatic carbocycles. The van der Waals surface area contributed by atoms with Gasteiger partial charge in [-0.2, -0.15) is 0 Å². The lowest BCUT2D eigenvalue weighted by molar-refractivity contribution is -0.141. The van der Waals surface area contributed by atoms with E-state index in [-0.39, 0.29) is 37.5 Å². The van der Waals surface area contributed by atoms with E-state index in [0.29, 0.717) is 17.5 Å². The van der Waals surface area contributed by atoms with Gasteiger partial charge in [0.25, 0.3) is 11.5 Å². The fourth-order valence-corrected chi connectivity index (χ4v) is 5.48. The number of rotatable bonds is 11. The minimum absolute atomic E-state index is 0.0541. The Morgan fingerprint density at radius 3 is 2.40 bits per heavy atom. The molecule has 3 aromatic rings. The minimum atomic E-state index is -2.70. The smallest absolute Gasteiger partial charge is 0.307 e. The number of nitrogens with one attached hydrogen (secondary N) is 1. The number of hydrogen-bond acceptors (Lipinski definition) is 6. The molecule has 8 nitrogen and oxygen atoms in total. The number of aromatic nitrogens is 2. The first-order valence-corrected chi connectivity index (χ1v) is 14.1. The number of aryl methyl sites for hydroxylation is 2. The van der Waals surface area contributed by atoms with Crippen molar-refractivity contribution in [3.8, 4) is 11.1 Å². The van der Waals surface area contributed by atoms with Crippen molar-refractivity contribution in [3.05, 3.63) is 87.6 Å². The van der Waals surface area contributed by atoms with Crippen LogP contribution >= 0.6 is 0 Å². The first kappa shape index (κ1) is 31.0. The molecule has 0 aliphatic carbocycles. The molecule has 0 saturated carbocycles. The average molecular weight is 581 g/mol. The van der Waals surface area contributed by atoms with Crippen molar-refractivity contribution in [1.82, 2.24) is 19.8 Å². The number of likely N-dealkylation sites (tertiary alicyclic amines) is 1. The van der Waals surface area contributed by atoms with Crippen molar-refractivity contribution in [2.24, 2.45) is 5.92 Å². The normalized spacial score (nSPS) is 16.0. The fraction of sp³-hybridized carbons (Fsp3) is 0.438. The summed E-state index contributed by atoms with van der Waals surface area (Å²) in [7, 11) is 1.28. The Hall–Kier alpha value is -3.92. The van der Waals surface area contributed by atoms with Crippen LogP contribution in [0.4, 0.5) is 8.78 Å². The third-order valence-corrected chi connectivity index (χ3v) is 7.50. The molecule has 0 bridgehead atoms. The van der Waals surface area contributed by atoms with Crippen molar-refractivity contribution < 1.29 is 23.1 Å². The monoisotopic (exact) mass is 580 g/mol. The van der Waals surface area contributed by atoms with Crippen LogP contribution in [0.15, 0.2) is 59.8 Å². The van der Waals surface area contributed by atoms with E-state index in [0.717, 1.165) is 22.3 Å². The van der Waals surface area contributed by atoms with Gasteiger partial charge >= 0.3 is 5.97 Å². The maximum Gasteiger partial charge on any atom is 0.307 e. The van der Waals surface area contributed by atoms with Gasteiger partial charge in [-0.15, -0.1) is 0 Å². The summed E-state index contributed by atoms with van der Waals surface area (Å²) in [4.78, 5) is 45.3. The van der Waals surface area contributed by atoms with Gasteiger partial charge in [0.2, 0.25) is 5.91 Å². The van der Waals surface area contributed by atoms with E-state index in [1.165, 1.54) is 17.7 Å². The Kier molecular flexibility index (Phi) is 9.56. The number of pyridine rings is 2. The molecule has 1 saturated heterocycles. The van der Waals surface area contributed by atoms with E-state index in [9.17, 15) is 23.2 Å². The molecule has 1 unspecified atom stereocenters. The number of alkyl halides is 2. The fourth-order valence-electron chi connectivity index (χ4n) is 5.48. The predicted octanol–water partition coefficient (Wildman–Crippen LogP) is 4.99. The van der Waals surface area contributed by atoms with E-state index in [1.54, 1.807) is 29.6 Å². The van der Waals surface area contributed by atoms with E-state index in [4.69, 9.17) is 4.74 Å². The van der Waals surface area contributed by atoms with Crippen molar-refractivity contribution >= 4 is 11.9 Å². The van der Waals surface area contributed by atoms with Crippen molar-refractivity contribution in [2.45, 2.75) is 65.1 Å². The molecule has 2 atom stereocenters. The SMILES string of the molecule is COC(=O)C[C@H](NC(=O)C(CC(C)C)n1cc(CN2CC(F)(F)C2)ccc1=O)c1cncc(-c2c(C)cccc2C)c1. The number of halogens is 2. The van der Waals surface area contributed by atoms with E-state index in [1.807, 2.05) is 52.0 Å². The number of amides is 1. The van der Waals surface area contributed by atoms with Crippen LogP contribution in [0.3, 0.4) is 0 Å². The Bertz CT molecular complexity index is 1480. The Morgan fingerprint density at radius 2 is 1.79 bits per heavy atom. The zero-order valence-electron chi connectivity index (χ0n) is 24.7. The zero-order chi connectivity index (χ0) is 30.6. The molecule has 42 heavy (non-hydrogen) atoms. The van der Waals surface area contributed by atoms with Crippen LogP contribution in [0.25, 0.3) is 11.1 Å². The predicted molar refractivity (Wildman–Crippen MR) is 156 cm³/mol.